The van der Waals surface area contributed by atoms with Crippen LogP contribution in [0.1, 0.15) is 32.3 Å². The van der Waals surface area contributed by atoms with Crippen LogP contribution in [0, 0.1) is 0 Å². The summed E-state index contributed by atoms with van der Waals surface area (Å²) in [5.74, 6) is -2.65. The summed E-state index contributed by atoms with van der Waals surface area (Å²) < 4.78 is 38.7. The van der Waals surface area contributed by atoms with Crippen molar-refractivity contribution in [3.63, 3.8) is 0 Å². The zero-order chi connectivity index (χ0) is 22.9. The molecule has 1 aromatic rings. The highest BCUT2D eigenvalue weighted by molar-refractivity contribution is 5.94. The third-order valence-electron chi connectivity index (χ3n) is 4.45. The SMILES string of the molecule is CCC(=O)N(c1cccc(C(F)(F)F)c1)C1CCN(CC)C1.O=C(O)C=CC(=O)O. The van der Waals surface area contributed by atoms with E-state index in [1.165, 1.54) is 6.07 Å². The van der Waals surface area contributed by atoms with E-state index in [0.717, 1.165) is 31.6 Å². The molecule has 0 saturated carbocycles. The second kappa shape index (κ2) is 11.3. The maximum absolute atomic E-state index is 12.9. The number of nitrogens with zero attached hydrogens (tertiary/aromatic N) is 2. The molecule has 1 saturated heterocycles. The number of carboxylic acids is 2. The van der Waals surface area contributed by atoms with Gasteiger partial charge in [-0.05, 0) is 31.2 Å². The number of benzene rings is 1. The Hall–Kier alpha value is -2.88. The number of carbonyl (C=O) groups is 3. The highest BCUT2D eigenvalue weighted by Crippen LogP contribution is 2.33. The van der Waals surface area contributed by atoms with Gasteiger partial charge in [0, 0.05) is 37.3 Å². The number of aliphatic carboxylic acids is 2. The molecule has 0 radical (unpaired) electrons. The second-order valence-electron chi connectivity index (χ2n) is 6.51. The summed E-state index contributed by atoms with van der Waals surface area (Å²) >= 11 is 0. The average molecular weight is 430 g/mol. The van der Waals surface area contributed by atoms with E-state index in [-0.39, 0.29) is 18.4 Å². The summed E-state index contributed by atoms with van der Waals surface area (Å²) in [6, 6.07) is 4.99. The van der Waals surface area contributed by atoms with Crippen LogP contribution < -0.4 is 4.90 Å². The van der Waals surface area contributed by atoms with Gasteiger partial charge in [0.25, 0.3) is 0 Å². The van der Waals surface area contributed by atoms with Gasteiger partial charge in [0.15, 0.2) is 0 Å². The molecule has 1 heterocycles. The highest BCUT2D eigenvalue weighted by Gasteiger charge is 2.34. The largest absolute Gasteiger partial charge is 0.478 e. The molecular formula is C20H25F3N2O5. The molecule has 1 atom stereocenters. The maximum atomic E-state index is 12.9. The third-order valence-corrected chi connectivity index (χ3v) is 4.45. The number of carboxylic acid groups (broad SMARTS) is 2. The van der Waals surface area contributed by atoms with Gasteiger partial charge in [0.2, 0.25) is 5.91 Å². The number of hydrogen-bond acceptors (Lipinski definition) is 4. The maximum Gasteiger partial charge on any atom is 0.416 e. The number of likely N-dealkylation sites (tertiary alicyclic amines) is 1. The third kappa shape index (κ3) is 7.86. The summed E-state index contributed by atoms with van der Waals surface area (Å²) in [5, 5.41) is 15.6. The van der Waals surface area contributed by atoms with Gasteiger partial charge in [-0.25, -0.2) is 9.59 Å². The van der Waals surface area contributed by atoms with E-state index in [2.05, 4.69) is 4.90 Å². The fraction of sp³-hybridized carbons (Fsp3) is 0.450. The van der Waals surface area contributed by atoms with E-state index in [9.17, 15) is 27.6 Å². The Labute approximate surface area is 172 Å². The van der Waals surface area contributed by atoms with Gasteiger partial charge in [-0.3, -0.25) is 4.79 Å². The van der Waals surface area contributed by atoms with E-state index in [1.807, 2.05) is 6.92 Å². The first-order valence-electron chi connectivity index (χ1n) is 9.35. The molecule has 1 unspecified atom stereocenters. The quantitative estimate of drug-likeness (QED) is 0.673. The Morgan fingerprint density at radius 2 is 1.77 bits per heavy atom. The molecule has 30 heavy (non-hydrogen) atoms. The standard InChI is InChI=1S/C16H21F3N2O.C4H4O4/c1-3-15(22)21(14-8-9-20(4-2)11-14)13-7-5-6-12(10-13)16(17,18)19;5-3(6)1-2-4(7)8/h5-7,10,14H,3-4,8-9,11H2,1-2H3;1-2H,(H,5,6)(H,7,8). The summed E-state index contributed by atoms with van der Waals surface area (Å²) in [6.45, 7) is 6.23. The summed E-state index contributed by atoms with van der Waals surface area (Å²) in [4.78, 5) is 35.1. The highest BCUT2D eigenvalue weighted by atomic mass is 19.4. The number of anilines is 1. The lowest BCUT2D eigenvalue weighted by Crippen LogP contribution is -2.42. The lowest BCUT2D eigenvalue weighted by molar-refractivity contribution is -0.137. The van der Waals surface area contributed by atoms with Crippen LogP contribution in [-0.4, -0.2) is 58.6 Å². The molecule has 2 rings (SSSR count). The Kier molecular flexibility index (Phi) is 9.51. The topological polar surface area (TPSA) is 98.2 Å². The minimum absolute atomic E-state index is 0.0594. The van der Waals surface area contributed by atoms with Crippen molar-refractivity contribution in [2.75, 3.05) is 24.5 Å². The normalized spacial score (nSPS) is 16.8. The molecular weight excluding hydrogens is 405 g/mol. The number of halogens is 3. The molecule has 10 heteroatoms. The van der Waals surface area contributed by atoms with Crippen LogP contribution in [0.5, 0.6) is 0 Å². The Balaban J connectivity index is 0.000000479. The summed E-state index contributed by atoms with van der Waals surface area (Å²) in [6.07, 6.45) is -2.22. The molecule has 166 valence electrons. The van der Waals surface area contributed by atoms with Crippen LogP contribution in [0.15, 0.2) is 36.4 Å². The fourth-order valence-electron chi connectivity index (χ4n) is 3.01. The first-order valence-corrected chi connectivity index (χ1v) is 9.35. The molecule has 1 aromatic carbocycles. The van der Waals surface area contributed by atoms with Crippen LogP contribution in [0.25, 0.3) is 0 Å². The molecule has 1 fully saturated rings. The predicted molar refractivity (Wildman–Crippen MR) is 104 cm³/mol. The average Bonchev–Trinajstić information content (AvgIpc) is 3.15. The van der Waals surface area contributed by atoms with Gasteiger partial charge in [-0.2, -0.15) is 13.2 Å². The lowest BCUT2D eigenvalue weighted by Gasteiger charge is -2.29. The van der Waals surface area contributed by atoms with Crippen LogP contribution in [0.3, 0.4) is 0 Å². The molecule has 0 aliphatic carbocycles. The number of hydrogen-bond donors (Lipinski definition) is 2. The van der Waals surface area contributed by atoms with E-state index >= 15 is 0 Å². The van der Waals surface area contributed by atoms with Crippen LogP contribution in [-0.2, 0) is 20.6 Å². The fourth-order valence-corrected chi connectivity index (χ4v) is 3.01. The van der Waals surface area contributed by atoms with Crippen molar-refractivity contribution in [1.82, 2.24) is 4.90 Å². The van der Waals surface area contributed by atoms with Crippen molar-refractivity contribution in [3.05, 3.63) is 42.0 Å². The van der Waals surface area contributed by atoms with Crippen LogP contribution >= 0.6 is 0 Å². The predicted octanol–water partition coefficient (Wildman–Crippen LogP) is 3.25. The molecule has 1 aliphatic heterocycles. The molecule has 0 aromatic heterocycles. The minimum Gasteiger partial charge on any atom is -0.478 e. The number of amides is 1. The van der Waals surface area contributed by atoms with Crippen molar-refractivity contribution in [2.45, 2.75) is 38.9 Å². The first kappa shape index (κ1) is 25.2. The van der Waals surface area contributed by atoms with Crippen LogP contribution in [0.4, 0.5) is 18.9 Å². The summed E-state index contributed by atoms with van der Waals surface area (Å²) in [5.41, 5.74) is -0.381. The smallest absolute Gasteiger partial charge is 0.416 e. The molecule has 0 spiro atoms. The first-order chi connectivity index (χ1) is 14.0. The van der Waals surface area contributed by atoms with Gasteiger partial charge in [0.05, 0.1) is 11.6 Å². The number of likely N-dealkylation sites (N-methyl/N-ethyl adjacent to an activating group) is 1. The molecule has 2 N–H and O–H groups in total. The zero-order valence-electron chi connectivity index (χ0n) is 16.7. The van der Waals surface area contributed by atoms with Gasteiger partial charge >= 0.3 is 18.1 Å². The Bertz CT molecular complexity index is 764. The van der Waals surface area contributed by atoms with Gasteiger partial charge in [-0.1, -0.05) is 19.9 Å². The van der Waals surface area contributed by atoms with E-state index in [4.69, 9.17) is 10.2 Å². The van der Waals surface area contributed by atoms with E-state index < -0.39 is 23.7 Å². The van der Waals surface area contributed by atoms with Crippen molar-refractivity contribution >= 4 is 23.5 Å². The van der Waals surface area contributed by atoms with Crippen molar-refractivity contribution in [2.24, 2.45) is 0 Å². The van der Waals surface area contributed by atoms with Crippen molar-refractivity contribution in [3.8, 4) is 0 Å². The van der Waals surface area contributed by atoms with Crippen LogP contribution in [0.2, 0.25) is 0 Å². The number of carbonyl (C=O) groups excluding carboxylic acids is 1. The zero-order valence-corrected chi connectivity index (χ0v) is 16.7. The number of alkyl halides is 3. The number of rotatable bonds is 6. The molecule has 1 amide bonds. The molecule has 7 nitrogen and oxygen atoms in total. The monoisotopic (exact) mass is 430 g/mol. The van der Waals surface area contributed by atoms with Crippen molar-refractivity contribution in [1.29, 1.82) is 0 Å². The van der Waals surface area contributed by atoms with Gasteiger partial charge in [0.1, 0.15) is 0 Å². The Morgan fingerprint density at radius 3 is 2.20 bits per heavy atom. The molecule has 1 aliphatic rings. The van der Waals surface area contributed by atoms with Gasteiger partial charge < -0.3 is 20.0 Å². The van der Waals surface area contributed by atoms with Crippen molar-refractivity contribution < 1.29 is 37.8 Å². The second-order valence-corrected chi connectivity index (χ2v) is 6.51. The Morgan fingerprint density at radius 1 is 1.17 bits per heavy atom. The summed E-state index contributed by atoms with van der Waals surface area (Å²) in [7, 11) is 0. The van der Waals surface area contributed by atoms with Gasteiger partial charge in [-0.15, -0.1) is 0 Å². The van der Waals surface area contributed by atoms with E-state index in [1.54, 1.807) is 17.9 Å². The lowest BCUT2D eigenvalue weighted by atomic mass is 10.1. The molecule has 0 bridgehead atoms. The minimum atomic E-state index is -4.40. The van der Waals surface area contributed by atoms with E-state index in [0.29, 0.717) is 24.4 Å².